The van der Waals surface area contributed by atoms with Gasteiger partial charge in [-0.2, -0.15) is 0 Å². The van der Waals surface area contributed by atoms with Crippen LogP contribution in [0.2, 0.25) is 0 Å². The van der Waals surface area contributed by atoms with Crippen LogP contribution in [0.25, 0.3) is 0 Å². The zero-order valence-electron chi connectivity index (χ0n) is 19.8. The molecule has 3 N–H and O–H groups in total. The smallest absolute Gasteiger partial charge is 0.266 e. The standard InChI is InChI=1S/C28H30N4O3/c1-2-35-18-10-17-30-25(33)22-12-9-11-21(19-22)20-32-26(34)28(31-27(32)29,23-13-5-3-6-14-23)24-15-7-4-8-16-24/h3-9,11-16,19H,2,10,17-18,20H2,1H3,(H2,29,31)(H,30,33). The summed E-state index contributed by atoms with van der Waals surface area (Å²) in [6, 6.07) is 26.1. The Morgan fingerprint density at radius 1 is 1.00 bits per heavy atom. The van der Waals surface area contributed by atoms with Gasteiger partial charge >= 0.3 is 0 Å². The van der Waals surface area contributed by atoms with E-state index in [4.69, 9.17) is 15.5 Å². The molecule has 1 aliphatic rings. The van der Waals surface area contributed by atoms with E-state index in [2.05, 4.69) is 5.32 Å². The van der Waals surface area contributed by atoms with Crippen LogP contribution in [0.4, 0.5) is 0 Å². The molecule has 0 saturated carbocycles. The van der Waals surface area contributed by atoms with Crippen molar-refractivity contribution < 1.29 is 14.3 Å². The Morgan fingerprint density at radius 3 is 2.29 bits per heavy atom. The molecule has 3 aromatic rings. The Labute approximate surface area is 205 Å². The molecule has 4 rings (SSSR count). The van der Waals surface area contributed by atoms with Crippen LogP contribution in [0.5, 0.6) is 0 Å². The lowest BCUT2D eigenvalue weighted by Gasteiger charge is -2.27. The molecular weight excluding hydrogens is 440 g/mol. The van der Waals surface area contributed by atoms with Crippen LogP contribution in [0, 0.1) is 0 Å². The summed E-state index contributed by atoms with van der Waals surface area (Å²) in [5.74, 6) is -0.243. The average Bonchev–Trinajstić information content (AvgIpc) is 3.15. The van der Waals surface area contributed by atoms with Crippen molar-refractivity contribution in [2.45, 2.75) is 25.4 Å². The highest BCUT2D eigenvalue weighted by Crippen LogP contribution is 2.39. The molecule has 0 unspecified atom stereocenters. The quantitative estimate of drug-likeness (QED) is 0.444. The molecule has 7 heteroatoms. The van der Waals surface area contributed by atoms with Gasteiger partial charge in [-0.25, -0.2) is 4.99 Å². The molecule has 2 amide bonds. The summed E-state index contributed by atoms with van der Waals surface area (Å²) >= 11 is 0. The molecular formula is C28H30N4O3. The molecule has 35 heavy (non-hydrogen) atoms. The van der Waals surface area contributed by atoms with Crippen LogP contribution in [0.15, 0.2) is 89.9 Å². The van der Waals surface area contributed by atoms with Crippen LogP contribution in [0.3, 0.4) is 0 Å². The normalized spacial score (nSPS) is 14.6. The highest BCUT2D eigenvalue weighted by Gasteiger charge is 2.50. The predicted octanol–water partition coefficient (Wildman–Crippen LogP) is 3.44. The molecule has 0 bridgehead atoms. The summed E-state index contributed by atoms with van der Waals surface area (Å²) in [5.41, 5.74) is 7.90. The SMILES string of the molecule is CCOCCCNC(=O)c1cccc(CN2C(=O)C(c3ccccc3)(c3ccccc3)N=C2N)c1. The van der Waals surface area contributed by atoms with Gasteiger partial charge in [-0.3, -0.25) is 14.5 Å². The van der Waals surface area contributed by atoms with Gasteiger partial charge in [-0.05, 0) is 42.2 Å². The second-order valence-electron chi connectivity index (χ2n) is 8.31. The van der Waals surface area contributed by atoms with Crippen molar-refractivity contribution in [1.29, 1.82) is 0 Å². The molecule has 0 atom stereocenters. The molecule has 0 radical (unpaired) electrons. The number of ether oxygens (including phenoxy) is 1. The predicted molar refractivity (Wildman–Crippen MR) is 136 cm³/mol. The summed E-state index contributed by atoms with van der Waals surface area (Å²) in [5, 5.41) is 2.90. The van der Waals surface area contributed by atoms with E-state index in [9.17, 15) is 9.59 Å². The maximum absolute atomic E-state index is 13.9. The number of guanidine groups is 1. The highest BCUT2D eigenvalue weighted by atomic mass is 16.5. The number of rotatable bonds is 10. The lowest BCUT2D eigenvalue weighted by Crippen LogP contribution is -2.43. The summed E-state index contributed by atoms with van der Waals surface area (Å²) in [6.07, 6.45) is 0.746. The van der Waals surface area contributed by atoms with E-state index < -0.39 is 5.54 Å². The molecule has 180 valence electrons. The number of nitrogens with zero attached hydrogens (tertiary/aromatic N) is 2. The summed E-state index contributed by atoms with van der Waals surface area (Å²) in [7, 11) is 0. The molecule has 0 fully saturated rings. The third-order valence-electron chi connectivity index (χ3n) is 5.98. The van der Waals surface area contributed by atoms with E-state index in [1.54, 1.807) is 18.2 Å². The third kappa shape index (κ3) is 5.10. The first-order valence-corrected chi connectivity index (χ1v) is 11.8. The zero-order valence-corrected chi connectivity index (χ0v) is 19.8. The van der Waals surface area contributed by atoms with Crippen molar-refractivity contribution in [3.8, 4) is 0 Å². The zero-order chi connectivity index (χ0) is 24.7. The highest BCUT2D eigenvalue weighted by molar-refractivity contribution is 6.09. The molecule has 0 aromatic heterocycles. The van der Waals surface area contributed by atoms with Crippen molar-refractivity contribution >= 4 is 17.8 Å². The Balaban J connectivity index is 1.55. The van der Waals surface area contributed by atoms with Gasteiger partial charge in [-0.1, -0.05) is 72.8 Å². The number of carbonyl (C=O) groups excluding carboxylic acids is 2. The third-order valence-corrected chi connectivity index (χ3v) is 5.98. The molecule has 1 aliphatic heterocycles. The van der Waals surface area contributed by atoms with Gasteiger partial charge < -0.3 is 15.8 Å². The van der Waals surface area contributed by atoms with Gasteiger partial charge in [0.1, 0.15) is 0 Å². The fourth-order valence-corrected chi connectivity index (χ4v) is 4.25. The molecule has 1 heterocycles. The first-order chi connectivity index (χ1) is 17.1. The first-order valence-electron chi connectivity index (χ1n) is 11.8. The lowest BCUT2D eigenvalue weighted by molar-refractivity contribution is -0.130. The van der Waals surface area contributed by atoms with Crippen LogP contribution >= 0.6 is 0 Å². The minimum Gasteiger partial charge on any atom is -0.382 e. The van der Waals surface area contributed by atoms with Gasteiger partial charge in [-0.15, -0.1) is 0 Å². The number of nitrogens with two attached hydrogens (primary N) is 1. The Kier molecular flexibility index (Phi) is 7.57. The number of benzene rings is 3. The van der Waals surface area contributed by atoms with Gasteiger partial charge in [0, 0.05) is 25.3 Å². The number of hydrogen-bond donors (Lipinski definition) is 2. The van der Waals surface area contributed by atoms with E-state index in [0.717, 1.165) is 23.1 Å². The lowest BCUT2D eigenvalue weighted by atomic mass is 9.83. The number of amides is 2. The minimum atomic E-state index is -1.25. The number of aliphatic imine (C=N–C) groups is 1. The molecule has 0 aliphatic carbocycles. The van der Waals surface area contributed by atoms with Crippen molar-refractivity contribution in [3.05, 3.63) is 107 Å². The van der Waals surface area contributed by atoms with E-state index in [-0.39, 0.29) is 24.3 Å². The maximum atomic E-state index is 13.9. The minimum absolute atomic E-state index is 0.147. The maximum Gasteiger partial charge on any atom is 0.266 e. The number of hydrogen-bond acceptors (Lipinski definition) is 5. The van der Waals surface area contributed by atoms with Crippen molar-refractivity contribution in [2.75, 3.05) is 19.8 Å². The number of nitrogens with one attached hydrogen (secondary N) is 1. The van der Waals surface area contributed by atoms with Crippen LogP contribution in [0.1, 0.15) is 40.4 Å². The molecule has 0 saturated heterocycles. The van der Waals surface area contributed by atoms with E-state index in [1.165, 1.54) is 4.90 Å². The Hall–Kier alpha value is -3.97. The van der Waals surface area contributed by atoms with Crippen molar-refractivity contribution in [1.82, 2.24) is 10.2 Å². The molecule has 0 spiro atoms. The van der Waals surface area contributed by atoms with Gasteiger partial charge in [0.05, 0.1) is 6.54 Å². The van der Waals surface area contributed by atoms with Crippen molar-refractivity contribution in [3.63, 3.8) is 0 Å². The molecule has 3 aromatic carbocycles. The van der Waals surface area contributed by atoms with Gasteiger partial charge in [0.2, 0.25) is 0 Å². The second-order valence-corrected chi connectivity index (χ2v) is 8.31. The summed E-state index contributed by atoms with van der Waals surface area (Å²) in [6.45, 7) is 3.95. The summed E-state index contributed by atoms with van der Waals surface area (Å²) in [4.78, 5) is 32.7. The fraction of sp³-hybridized carbons (Fsp3) is 0.250. The van der Waals surface area contributed by atoms with Crippen LogP contribution in [-0.4, -0.2) is 42.4 Å². The first kappa shape index (κ1) is 24.2. The van der Waals surface area contributed by atoms with Gasteiger partial charge in [0.25, 0.3) is 11.8 Å². The fourth-order valence-electron chi connectivity index (χ4n) is 4.25. The van der Waals surface area contributed by atoms with E-state index in [0.29, 0.717) is 25.3 Å². The second kappa shape index (κ2) is 11.0. The van der Waals surface area contributed by atoms with Crippen molar-refractivity contribution in [2.24, 2.45) is 10.7 Å². The Morgan fingerprint density at radius 2 is 1.66 bits per heavy atom. The van der Waals surface area contributed by atoms with Crippen LogP contribution in [-0.2, 0) is 21.6 Å². The summed E-state index contributed by atoms with van der Waals surface area (Å²) < 4.78 is 5.30. The van der Waals surface area contributed by atoms with Crippen LogP contribution < -0.4 is 11.1 Å². The average molecular weight is 471 g/mol. The number of carbonyl (C=O) groups is 2. The largest absolute Gasteiger partial charge is 0.382 e. The van der Waals surface area contributed by atoms with Gasteiger partial charge in [0.15, 0.2) is 11.5 Å². The topological polar surface area (TPSA) is 97.0 Å². The molecule has 7 nitrogen and oxygen atoms in total. The Bertz CT molecular complexity index is 1160. The van der Waals surface area contributed by atoms with E-state index in [1.807, 2.05) is 73.7 Å². The van der Waals surface area contributed by atoms with E-state index >= 15 is 0 Å². The monoisotopic (exact) mass is 470 g/mol.